The van der Waals surface area contributed by atoms with E-state index in [1.54, 1.807) is 11.0 Å². The number of rotatable bonds is 3. The summed E-state index contributed by atoms with van der Waals surface area (Å²) in [6, 6.07) is 12.8. The van der Waals surface area contributed by atoms with E-state index < -0.39 is 5.97 Å². The van der Waals surface area contributed by atoms with Gasteiger partial charge in [-0.3, -0.25) is 0 Å². The second kappa shape index (κ2) is 5.06. The SMILES string of the molecule is CN(c1ccccc1)c1ccc(Cl)c(C(=O)O)n1. The number of nitrogens with zero attached hydrogens (tertiary/aromatic N) is 2. The van der Waals surface area contributed by atoms with Gasteiger partial charge < -0.3 is 10.0 Å². The molecular formula is C13H11ClN2O2. The molecule has 4 nitrogen and oxygen atoms in total. The van der Waals surface area contributed by atoms with Gasteiger partial charge in [-0.15, -0.1) is 0 Å². The molecule has 1 aromatic carbocycles. The zero-order chi connectivity index (χ0) is 13.1. The number of hydrogen-bond donors (Lipinski definition) is 1. The van der Waals surface area contributed by atoms with Crippen LogP contribution in [0.1, 0.15) is 10.5 Å². The molecule has 0 aliphatic rings. The number of carboxylic acids is 1. The van der Waals surface area contributed by atoms with E-state index >= 15 is 0 Å². The van der Waals surface area contributed by atoms with E-state index in [1.165, 1.54) is 6.07 Å². The molecule has 1 aromatic heterocycles. The van der Waals surface area contributed by atoms with Gasteiger partial charge in [0.05, 0.1) is 5.02 Å². The average Bonchev–Trinajstić information content (AvgIpc) is 2.39. The van der Waals surface area contributed by atoms with Crippen molar-refractivity contribution in [2.24, 2.45) is 0 Å². The molecule has 2 aromatic rings. The molecule has 2 rings (SSSR count). The zero-order valence-corrected chi connectivity index (χ0v) is 10.4. The fourth-order valence-electron chi connectivity index (χ4n) is 1.55. The number of para-hydroxylation sites is 1. The Hall–Kier alpha value is -2.07. The Kier molecular flexibility index (Phi) is 3.48. The van der Waals surface area contributed by atoms with Crippen LogP contribution >= 0.6 is 11.6 Å². The van der Waals surface area contributed by atoms with E-state index in [-0.39, 0.29) is 10.7 Å². The van der Waals surface area contributed by atoms with E-state index in [9.17, 15) is 4.79 Å². The molecular weight excluding hydrogens is 252 g/mol. The van der Waals surface area contributed by atoms with Gasteiger partial charge in [0.1, 0.15) is 5.82 Å². The maximum atomic E-state index is 11.0. The van der Waals surface area contributed by atoms with Gasteiger partial charge >= 0.3 is 5.97 Å². The molecule has 0 unspecified atom stereocenters. The van der Waals surface area contributed by atoms with Gasteiger partial charge in [-0.1, -0.05) is 29.8 Å². The molecule has 5 heteroatoms. The Morgan fingerprint density at radius 3 is 2.50 bits per heavy atom. The van der Waals surface area contributed by atoms with Crippen molar-refractivity contribution in [1.82, 2.24) is 4.98 Å². The predicted molar refractivity (Wildman–Crippen MR) is 70.7 cm³/mol. The summed E-state index contributed by atoms with van der Waals surface area (Å²) in [4.78, 5) is 16.8. The number of benzene rings is 1. The summed E-state index contributed by atoms with van der Waals surface area (Å²) in [5, 5.41) is 9.11. The first-order valence-corrected chi connectivity index (χ1v) is 5.66. The van der Waals surface area contributed by atoms with Crippen LogP contribution < -0.4 is 4.90 Å². The number of anilines is 2. The van der Waals surface area contributed by atoms with E-state index in [4.69, 9.17) is 16.7 Å². The van der Waals surface area contributed by atoms with Gasteiger partial charge in [0.2, 0.25) is 0 Å². The minimum Gasteiger partial charge on any atom is -0.476 e. The molecule has 0 saturated heterocycles. The van der Waals surface area contributed by atoms with Gasteiger partial charge in [-0.05, 0) is 24.3 Å². The first-order valence-electron chi connectivity index (χ1n) is 5.28. The molecule has 1 heterocycles. The smallest absolute Gasteiger partial charge is 0.356 e. The first kappa shape index (κ1) is 12.4. The molecule has 0 aliphatic carbocycles. The third kappa shape index (κ3) is 2.43. The highest BCUT2D eigenvalue weighted by molar-refractivity contribution is 6.33. The third-order valence-corrected chi connectivity index (χ3v) is 2.83. The Labute approximate surface area is 109 Å². The van der Waals surface area contributed by atoms with Crippen LogP contribution in [-0.4, -0.2) is 23.1 Å². The van der Waals surface area contributed by atoms with Crippen molar-refractivity contribution in [2.75, 3.05) is 11.9 Å². The lowest BCUT2D eigenvalue weighted by Crippen LogP contribution is -2.13. The first-order chi connectivity index (χ1) is 8.59. The van der Waals surface area contributed by atoms with Crippen LogP contribution in [0.3, 0.4) is 0 Å². The lowest BCUT2D eigenvalue weighted by Gasteiger charge is -2.18. The van der Waals surface area contributed by atoms with Crippen LogP contribution in [0.25, 0.3) is 0 Å². The number of aromatic carboxylic acids is 1. The van der Waals surface area contributed by atoms with E-state index in [0.717, 1.165) is 5.69 Å². The Morgan fingerprint density at radius 1 is 1.22 bits per heavy atom. The quantitative estimate of drug-likeness (QED) is 0.923. The largest absolute Gasteiger partial charge is 0.476 e. The third-order valence-electron chi connectivity index (χ3n) is 2.52. The molecule has 0 bridgehead atoms. The molecule has 0 amide bonds. The molecule has 0 fully saturated rings. The summed E-state index contributed by atoms with van der Waals surface area (Å²) in [5.41, 5.74) is 0.778. The molecule has 0 saturated carbocycles. The van der Waals surface area contributed by atoms with Crippen molar-refractivity contribution in [1.29, 1.82) is 0 Å². The van der Waals surface area contributed by atoms with Crippen molar-refractivity contribution in [3.05, 3.63) is 53.2 Å². The fourth-order valence-corrected chi connectivity index (χ4v) is 1.74. The molecule has 0 atom stereocenters. The maximum absolute atomic E-state index is 11.0. The van der Waals surface area contributed by atoms with Gasteiger partial charge in [-0.25, -0.2) is 9.78 Å². The summed E-state index contributed by atoms with van der Waals surface area (Å²) in [7, 11) is 1.82. The van der Waals surface area contributed by atoms with Crippen molar-refractivity contribution in [2.45, 2.75) is 0 Å². The maximum Gasteiger partial charge on any atom is 0.356 e. The number of carbonyl (C=O) groups is 1. The molecule has 0 aliphatic heterocycles. The zero-order valence-electron chi connectivity index (χ0n) is 9.67. The summed E-state index contributed by atoms with van der Waals surface area (Å²) < 4.78 is 0. The van der Waals surface area contributed by atoms with Crippen LogP contribution in [0.15, 0.2) is 42.5 Å². The van der Waals surface area contributed by atoms with Crippen molar-refractivity contribution in [3.63, 3.8) is 0 Å². The summed E-state index contributed by atoms with van der Waals surface area (Å²) in [6.07, 6.45) is 0. The van der Waals surface area contributed by atoms with E-state index in [2.05, 4.69) is 4.98 Å². The number of carboxylic acid groups (broad SMARTS) is 1. The lowest BCUT2D eigenvalue weighted by atomic mass is 10.3. The minimum atomic E-state index is -1.14. The monoisotopic (exact) mass is 262 g/mol. The van der Waals surface area contributed by atoms with Gasteiger partial charge in [0.25, 0.3) is 0 Å². The second-order valence-corrected chi connectivity index (χ2v) is 4.11. The van der Waals surface area contributed by atoms with Crippen molar-refractivity contribution >= 4 is 29.1 Å². The van der Waals surface area contributed by atoms with E-state index in [0.29, 0.717) is 5.82 Å². The predicted octanol–water partition coefficient (Wildman–Crippen LogP) is 3.20. The summed E-state index contributed by atoms with van der Waals surface area (Å²) >= 11 is 5.78. The Balaban J connectivity index is 2.40. The number of aromatic nitrogens is 1. The fraction of sp³-hybridized carbons (Fsp3) is 0.0769. The van der Waals surface area contributed by atoms with Crippen molar-refractivity contribution in [3.8, 4) is 0 Å². The molecule has 0 spiro atoms. The van der Waals surface area contributed by atoms with Crippen LogP contribution in [0.5, 0.6) is 0 Å². The van der Waals surface area contributed by atoms with Crippen molar-refractivity contribution < 1.29 is 9.90 Å². The highest BCUT2D eigenvalue weighted by atomic mass is 35.5. The van der Waals surface area contributed by atoms with Crippen LogP contribution in [0, 0.1) is 0 Å². The standard InChI is InChI=1S/C13H11ClN2O2/c1-16(9-5-3-2-4-6-9)11-8-7-10(14)12(15-11)13(17)18/h2-8H,1H3,(H,17,18). The average molecular weight is 263 g/mol. The molecule has 92 valence electrons. The Bertz CT molecular complexity index is 572. The van der Waals surface area contributed by atoms with Gasteiger partial charge in [0.15, 0.2) is 5.69 Å². The normalized spacial score (nSPS) is 10.1. The van der Waals surface area contributed by atoms with Crippen LogP contribution in [0.4, 0.5) is 11.5 Å². The van der Waals surface area contributed by atoms with E-state index in [1.807, 2.05) is 37.4 Å². The molecule has 18 heavy (non-hydrogen) atoms. The second-order valence-electron chi connectivity index (χ2n) is 3.70. The lowest BCUT2D eigenvalue weighted by molar-refractivity contribution is 0.0691. The highest BCUT2D eigenvalue weighted by Gasteiger charge is 2.13. The number of pyridine rings is 1. The summed E-state index contributed by atoms with van der Waals surface area (Å²) in [6.45, 7) is 0. The number of hydrogen-bond acceptors (Lipinski definition) is 3. The summed E-state index contributed by atoms with van der Waals surface area (Å²) in [5.74, 6) is -0.605. The Morgan fingerprint density at radius 2 is 1.89 bits per heavy atom. The topological polar surface area (TPSA) is 53.4 Å². The van der Waals surface area contributed by atoms with Gasteiger partial charge in [-0.2, -0.15) is 0 Å². The van der Waals surface area contributed by atoms with Crippen LogP contribution in [-0.2, 0) is 0 Å². The highest BCUT2D eigenvalue weighted by Crippen LogP contribution is 2.24. The molecule has 0 radical (unpaired) electrons. The molecule has 1 N–H and O–H groups in total. The van der Waals surface area contributed by atoms with Crippen LogP contribution in [0.2, 0.25) is 5.02 Å². The number of halogens is 1. The minimum absolute atomic E-state index is 0.132. The van der Waals surface area contributed by atoms with Gasteiger partial charge in [0, 0.05) is 12.7 Å².